The van der Waals surface area contributed by atoms with Crippen molar-refractivity contribution in [1.29, 1.82) is 0 Å². The van der Waals surface area contributed by atoms with Crippen LogP contribution >= 0.6 is 0 Å². The van der Waals surface area contributed by atoms with E-state index in [1.807, 2.05) is 0 Å². The van der Waals surface area contributed by atoms with Crippen molar-refractivity contribution < 1.29 is 14.6 Å². The monoisotopic (exact) mass is 626 g/mol. The van der Waals surface area contributed by atoms with Crippen molar-refractivity contribution in [2.75, 3.05) is 20.6 Å². The van der Waals surface area contributed by atoms with E-state index in [-0.39, 0.29) is 6.10 Å². The van der Waals surface area contributed by atoms with Crippen LogP contribution in [-0.2, 0) is 4.74 Å². The smallest absolute Gasteiger partial charge is 0.450 e. The second-order valence-corrected chi connectivity index (χ2v) is 12.6. The predicted octanol–water partition coefficient (Wildman–Crippen LogP) is 12.9. The van der Waals surface area contributed by atoms with E-state index in [0.717, 1.165) is 77.0 Å². The lowest BCUT2D eigenvalue weighted by Gasteiger charge is -2.15. The standard InChI is InChI=1S/C41H71NO3/c1-4-5-6-7-8-9-10-11-16-19-22-25-28-31-34-37-40(45-41(43)44)38-35-32-29-26-23-20-17-14-12-13-15-18-21-24-27-30-33-36-39-42(2)3/h8-9,11,13-17,22-23,25-26,40H,4-7,10,12,18-21,24,27-39H2,1-3H3,(H,43,44). The molecule has 0 aromatic heterocycles. The van der Waals surface area contributed by atoms with E-state index in [9.17, 15) is 4.79 Å². The zero-order valence-electron chi connectivity index (χ0n) is 29.7. The van der Waals surface area contributed by atoms with Crippen molar-refractivity contribution in [2.45, 2.75) is 161 Å². The average Bonchev–Trinajstić information content (AvgIpc) is 3.01. The number of carbonyl (C=O) groups is 1. The Balaban J connectivity index is 3.75. The molecule has 0 heterocycles. The number of rotatable bonds is 32. The van der Waals surface area contributed by atoms with Gasteiger partial charge in [0.25, 0.3) is 0 Å². The van der Waals surface area contributed by atoms with Crippen LogP contribution in [0.2, 0.25) is 0 Å². The van der Waals surface area contributed by atoms with Gasteiger partial charge in [-0.15, -0.1) is 0 Å². The fourth-order valence-corrected chi connectivity index (χ4v) is 5.14. The van der Waals surface area contributed by atoms with Gasteiger partial charge in [0.1, 0.15) is 6.10 Å². The first kappa shape index (κ1) is 42.7. The maximum absolute atomic E-state index is 11.1. The average molecular weight is 626 g/mol. The van der Waals surface area contributed by atoms with Crippen molar-refractivity contribution in [2.24, 2.45) is 0 Å². The number of allylic oxidation sites excluding steroid dienone is 12. The van der Waals surface area contributed by atoms with Gasteiger partial charge in [0.2, 0.25) is 0 Å². The molecule has 0 rings (SSSR count). The summed E-state index contributed by atoms with van der Waals surface area (Å²) < 4.78 is 5.16. The minimum atomic E-state index is -1.15. The molecule has 0 aromatic rings. The Morgan fingerprint density at radius 3 is 1.29 bits per heavy atom. The van der Waals surface area contributed by atoms with Crippen LogP contribution in [0.3, 0.4) is 0 Å². The Morgan fingerprint density at radius 2 is 0.889 bits per heavy atom. The van der Waals surface area contributed by atoms with Crippen LogP contribution in [-0.4, -0.2) is 42.9 Å². The third-order valence-electron chi connectivity index (χ3n) is 7.85. The summed E-state index contributed by atoms with van der Waals surface area (Å²) in [4.78, 5) is 13.4. The Hall–Kier alpha value is -2.33. The van der Waals surface area contributed by atoms with Crippen LogP contribution in [0.15, 0.2) is 72.9 Å². The largest absolute Gasteiger partial charge is 0.506 e. The van der Waals surface area contributed by atoms with Crippen molar-refractivity contribution in [3.63, 3.8) is 0 Å². The molecular weight excluding hydrogens is 554 g/mol. The molecule has 0 spiro atoms. The number of hydrogen-bond donors (Lipinski definition) is 1. The maximum Gasteiger partial charge on any atom is 0.506 e. The van der Waals surface area contributed by atoms with Gasteiger partial charge in [-0.1, -0.05) is 118 Å². The molecule has 0 aromatic carbocycles. The highest BCUT2D eigenvalue weighted by atomic mass is 16.7. The number of nitrogens with zero attached hydrogens (tertiary/aromatic N) is 1. The topological polar surface area (TPSA) is 49.8 Å². The van der Waals surface area contributed by atoms with E-state index in [0.29, 0.717) is 0 Å². The van der Waals surface area contributed by atoms with Gasteiger partial charge in [-0.2, -0.15) is 0 Å². The zero-order chi connectivity index (χ0) is 32.9. The second kappa shape index (κ2) is 36.1. The van der Waals surface area contributed by atoms with Crippen LogP contribution < -0.4 is 0 Å². The lowest BCUT2D eigenvalue weighted by Crippen LogP contribution is -2.16. The molecule has 0 amide bonds. The second-order valence-electron chi connectivity index (χ2n) is 12.6. The summed E-state index contributed by atoms with van der Waals surface area (Å²) in [5.74, 6) is 0. The van der Waals surface area contributed by atoms with Crippen molar-refractivity contribution in [3.05, 3.63) is 72.9 Å². The first-order valence-corrected chi connectivity index (χ1v) is 18.5. The molecule has 1 N–H and O–H groups in total. The molecule has 0 saturated heterocycles. The SMILES string of the molecule is CCCCCC=CCC=CCC=CCCCCC(CCCCC=CCC=CCC=CCCCCCCCCN(C)C)OC(=O)O. The normalized spacial score (nSPS) is 13.3. The summed E-state index contributed by atoms with van der Waals surface area (Å²) in [7, 11) is 4.30. The van der Waals surface area contributed by atoms with E-state index in [1.165, 1.54) is 77.2 Å². The van der Waals surface area contributed by atoms with Gasteiger partial charge in [-0.25, -0.2) is 4.79 Å². The molecule has 0 bridgehead atoms. The minimum absolute atomic E-state index is 0.178. The first-order valence-electron chi connectivity index (χ1n) is 18.5. The van der Waals surface area contributed by atoms with E-state index in [1.54, 1.807) is 0 Å². The van der Waals surface area contributed by atoms with Gasteiger partial charge >= 0.3 is 6.16 Å². The van der Waals surface area contributed by atoms with Crippen LogP contribution in [0, 0.1) is 0 Å². The van der Waals surface area contributed by atoms with Gasteiger partial charge in [0.15, 0.2) is 0 Å². The van der Waals surface area contributed by atoms with E-state index < -0.39 is 6.16 Å². The molecule has 1 unspecified atom stereocenters. The Morgan fingerprint density at radius 1 is 0.533 bits per heavy atom. The number of carboxylic acid groups (broad SMARTS) is 1. The molecule has 0 saturated carbocycles. The number of unbranched alkanes of at least 4 members (excludes halogenated alkanes) is 13. The molecule has 258 valence electrons. The van der Waals surface area contributed by atoms with Gasteiger partial charge in [-0.05, 0) is 130 Å². The highest BCUT2D eigenvalue weighted by molar-refractivity contribution is 5.57. The number of hydrogen-bond acceptors (Lipinski definition) is 3. The molecule has 4 heteroatoms. The van der Waals surface area contributed by atoms with E-state index in [4.69, 9.17) is 9.84 Å². The quantitative estimate of drug-likeness (QED) is 0.0459. The van der Waals surface area contributed by atoms with Crippen molar-refractivity contribution in [1.82, 2.24) is 4.90 Å². The van der Waals surface area contributed by atoms with Crippen LogP contribution in [0.1, 0.15) is 155 Å². The lowest BCUT2D eigenvalue weighted by molar-refractivity contribution is 0.0424. The fraction of sp³-hybridized carbons (Fsp3) is 0.683. The highest BCUT2D eigenvalue weighted by Crippen LogP contribution is 2.15. The minimum Gasteiger partial charge on any atom is -0.450 e. The van der Waals surface area contributed by atoms with Crippen molar-refractivity contribution in [3.8, 4) is 0 Å². The Labute approximate surface area is 279 Å². The zero-order valence-corrected chi connectivity index (χ0v) is 29.7. The summed E-state index contributed by atoms with van der Waals surface area (Å²) in [6, 6.07) is 0. The van der Waals surface area contributed by atoms with Crippen LogP contribution in [0.4, 0.5) is 4.79 Å². The molecule has 0 aliphatic carbocycles. The third kappa shape index (κ3) is 37.8. The summed E-state index contributed by atoms with van der Waals surface area (Å²) in [5, 5.41) is 9.11. The first-order chi connectivity index (χ1) is 22.1. The summed E-state index contributed by atoms with van der Waals surface area (Å²) in [6.07, 6.45) is 52.1. The third-order valence-corrected chi connectivity index (χ3v) is 7.85. The summed E-state index contributed by atoms with van der Waals surface area (Å²) >= 11 is 0. The van der Waals surface area contributed by atoms with Gasteiger partial charge in [-0.3, -0.25) is 0 Å². The maximum atomic E-state index is 11.1. The molecule has 45 heavy (non-hydrogen) atoms. The highest BCUT2D eigenvalue weighted by Gasteiger charge is 2.12. The van der Waals surface area contributed by atoms with Gasteiger partial charge in [0, 0.05) is 0 Å². The number of ether oxygens (including phenoxy) is 1. The molecule has 0 radical (unpaired) electrons. The molecule has 0 aliphatic rings. The van der Waals surface area contributed by atoms with E-state index in [2.05, 4.69) is 98.8 Å². The fourth-order valence-electron chi connectivity index (χ4n) is 5.14. The van der Waals surface area contributed by atoms with Crippen LogP contribution in [0.25, 0.3) is 0 Å². The Kier molecular flexibility index (Phi) is 34.3. The molecule has 0 fully saturated rings. The molecule has 0 aliphatic heterocycles. The molecular formula is C41H71NO3. The Bertz CT molecular complexity index is 806. The van der Waals surface area contributed by atoms with Gasteiger partial charge < -0.3 is 14.7 Å². The van der Waals surface area contributed by atoms with Crippen LogP contribution in [0.5, 0.6) is 0 Å². The molecule has 4 nitrogen and oxygen atoms in total. The lowest BCUT2D eigenvalue weighted by atomic mass is 10.0. The summed E-state index contributed by atoms with van der Waals surface area (Å²) in [6.45, 7) is 3.46. The van der Waals surface area contributed by atoms with Crippen molar-refractivity contribution >= 4 is 6.16 Å². The van der Waals surface area contributed by atoms with Gasteiger partial charge in [0.05, 0.1) is 0 Å². The molecule has 1 atom stereocenters. The van der Waals surface area contributed by atoms with E-state index >= 15 is 0 Å². The summed E-state index contributed by atoms with van der Waals surface area (Å²) in [5.41, 5.74) is 0. The predicted molar refractivity (Wildman–Crippen MR) is 198 cm³/mol.